The second kappa shape index (κ2) is 9.01. The van der Waals surface area contributed by atoms with E-state index in [1.165, 1.54) is 11.3 Å². The SMILES string of the molecule is Cc1cccc(NC(=S)NC[C@H](C)N2CCN(c3ccccc3)CC2)c1. The van der Waals surface area contributed by atoms with Crippen molar-refractivity contribution in [1.29, 1.82) is 0 Å². The molecule has 0 aromatic heterocycles. The number of aryl methyl sites for hydroxylation is 1. The molecular formula is C21H28N4S. The fraction of sp³-hybridized carbons (Fsp3) is 0.381. The molecule has 1 saturated heterocycles. The van der Waals surface area contributed by atoms with Crippen LogP contribution >= 0.6 is 12.2 Å². The second-order valence-corrected chi connectivity index (χ2v) is 7.32. The number of benzene rings is 2. The highest BCUT2D eigenvalue weighted by molar-refractivity contribution is 7.80. The van der Waals surface area contributed by atoms with Crippen LogP contribution in [-0.4, -0.2) is 48.8 Å². The number of para-hydroxylation sites is 1. The number of anilines is 2. The van der Waals surface area contributed by atoms with Gasteiger partial charge in [-0.3, -0.25) is 4.90 Å². The summed E-state index contributed by atoms with van der Waals surface area (Å²) in [7, 11) is 0. The Labute approximate surface area is 162 Å². The van der Waals surface area contributed by atoms with Gasteiger partial charge in [0.2, 0.25) is 0 Å². The lowest BCUT2D eigenvalue weighted by Gasteiger charge is -2.39. The molecule has 4 nitrogen and oxygen atoms in total. The Morgan fingerprint density at radius 3 is 2.46 bits per heavy atom. The van der Waals surface area contributed by atoms with Crippen LogP contribution in [0.3, 0.4) is 0 Å². The first-order valence-corrected chi connectivity index (χ1v) is 9.68. The van der Waals surface area contributed by atoms with Gasteiger partial charge in [-0.15, -0.1) is 0 Å². The van der Waals surface area contributed by atoms with Crippen LogP contribution in [0.5, 0.6) is 0 Å². The Morgan fingerprint density at radius 2 is 1.77 bits per heavy atom. The third kappa shape index (κ3) is 5.19. The van der Waals surface area contributed by atoms with E-state index < -0.39 is 0 Å². The monoisotopic (exact) mass is 368 g/mol. The van der Waals surface area contributed by atoms with Crippen LogP contribution in [0.1, 0.15) is 12.5 Å². The average molecular weight is 369 g/mol. The van der Waals surface area contributed by atoms with E-state index in [-0.39, 0.29) is 0 Å². The van der Waals surface area contributed by atoms with E-state index in [0.29, 0.717) is 11.2 Å². The topological polar surface area (TPSA) is 30.5 Å². The van der Waals surface area contributed by atoms with E-state index in [1.807, 2.05) is 12.1 Å². The molecule has 26 heavy (non-hydrogen) atoms. The Balaban J connectivity index is 1.41. The molecule has 0 bridgehead atoms. The maximum Gasteiger partial charge on any atom is 0.170 e. The van der Waals surface area contributed by atoms with Crippen LogP contribution in [0, 0.1) is 6.92 Å². The maximum absolute atomic E-state index is 5.43. The van der Waals surface area contributed by atoms with E-state index in [4.69, 9.17) is 12.2 Å². The molecule has 1 aliphatic heterocycles. The van der Waals surface area contributed by atoms with Gasteiger partial charge in [0.15, 0.2) is 5.11 Å². The summed E-state index contributed by atoms with van der Waals surface area (Å²) in [4.78, 5) is 4.99. The molecule has 138 valence electrons. The fourth-order valence-electron chi connectivity index (χ4n) is 3.33. The lowest BCUT2D eigenvalue weighted by atomic mass is 10.2. The predicted octanol–water partition coefficient (Wildman–Crippen LogP) is 3.49. The number of nitrogens with one attached hydrogen (secondary N) is 2. The van der Waals surface area contributed by atoms with Crippen LogP contribution in [0.25, 0.3) is 0 Å². The van der Waals surface area contributed by atoms with Gasteiger partial charge in [0, 0.05) is 50.1 Å². The molecule has 0 aliphatic carbocycles. The number of thiocarbonyl (C=S) groups is 1. The van der Waals surface area contributed by atoms with E-state index in [0.717, 1.165) is 38.4 Å². The lowest BCUT2D eigenvalue weighted by molar-refractivity contribution is 0.198. The zero-order valence-corrected chi connectivity index (χ0v) is 16.4. The summed E-state index contributed by atoms with van der Waals surface area (Å²) in [5, 5.41) is 7.30. The fourth-order valence-corrected chi connectivity index (χ4v) is 3.53. The third-order valence-electron chi connectivity index (χ3n) is 4.89. The standard InChI is InChI=1S/C21H28N4S/c1-17-7-6-8-19(15-17)23-21(26)22-16-18(2)24-11-13-25(14-12-24)20-9-4-3-5-10-20/h3-10,15,18H,11-14,16H2,1-2H3,(H2,22,23,26)/t18-/m0/s1. The number of piperazine rings is 1. The van der Waals surface area contributed by atoms with Gasteiger partial charge in [-0.05, 0) is 55.9 Å². The highest BCUT2D eigenvalue weighted by Crippen LogP contribution is 2.16. The number of rotatable bonds is 5. The first-order chi connectivity index (χ1) is 12.6. The Morgan fingerprint density at radius 1 is 1.04 bits per heavy atom. The molecule has 2 aromatic rings. The summed E-state index contributed by atoms with van der Waals surface area (Å²) in [6.07, 6.45) is 0. The summed E-state index contributed by atoms with van der Waals surface area (Å²) in [6.45, 7) is 9.49. The summed E-state index contributed by atoms with van der Waals surface area (Å²) >= 11 is 5.43. The molecule has 2 N–H and O–H groups in total. The van der Waals surface area contributed by atoms with Gasteiger partial charge < -0.3 is 15.5 Å². The lowest BCUT2D eigenvalue weighted by Crippen LogP contribution is -2.52. The molecule has 0 spiro atoms. The van der Waals surface area contributed by atoms with Crippen molar-refractivity contribution in [1.82, 2.24) is 10.2 Å². The van der Waals surface area contributed by atoms with Gasteiger partial charge in [0.1, 0.15) is 0 Å². The smallest absolute Gasteiger partial charge is 0.170 e. The zero-order chi connectivity index (χ0) is 18.4. The summed E-state index contributed by atoms with van der Waals surface area (Å²) in [6, 6.07) is 19.4. The molecule has 0 saturated carbocycles. The Kier molecular flexibility index (Phi) is 6.47. The highest BCUT2D eigenvalue weighted by Gasteiger charge is 2.21. The first-order valence-electron chi connectivity index (χ1n) is 9.27. The molecule has 0 amide bonds. The highest BCUT2D eigenvalue weighted by atomic mass is 32.1. The van der Waals surface area contributed by atoms with E-state index >= 15 is 0 Å². The molecule has 2 aromatic carbocycles. The maximum atomic E-state index is 5.43. The molecule has 1 fully saturated rings. The van der Waals surface area contributed by atoms with Gasteiger partial charge in [0.05, 0.1) is 0 Å². The van der Waals surface area contributed by atoms with Crippen molar-refractivity contribution in [2.45, 2.75) is 19.9 Å². The van der Waals surface area contributed by atoms with Gasteiger partial charge >= 0.3 is 0 Å². The summed E-state index contributed by atoms with van der Waals surface area (Å²) < 4.78 is 0. The van der Waals surface area contributed by atoms with Gasteiger partial charge in [-0.2, -0.15) is 0 Å². The number of hydrogen-bond acceptors (Lipinski definition) is 3. The summed E-state index contributed by atoms with van der Waals surface area (Å²) in [5.74, 6) is 0. The van der Waals surface area contributed by atoms with Crippen molar-refractivity contribution in [3.8, 4) is 0 Å². The van der Waals surface area contributed by atoms with Crippen LogP contribution in [0.15, 0.2) is 54.6 Å². The molecular weight excluding hydrogens is 340 g/mol. The molecule has 1 aliphatic rings. The summed E-state index contributed by atoms with van der Waals surface area (Å²) in [5.41, 5.74) is 3.58. The van der Waals surface area contributed by atoms with Crippen molar-refractivity contribution in [2.75, 3.05) is 42.9 Å². The Bertz CT molecular complexity index is 711. The van der Waals surface area contributed by atoms with Gasteiger partial charge in [-0.25, -0.2) is 0 Å². The van der Waals surface area contributed by atoms with Crippen molar-refractivity contribution in [3.05, 3.63) is 60.2 Å². The molecule has 1 heterocycles. The molecule has 1 atom stereocenters. The molecule has 5 heteroatoms. The average Bonchev–Trinajstić information content (AvgIpc) is 2.67. The minimum Gasteiger partial charge on any atom is -0.369 e. The normalized spacial score (nSPS) is 16.2. The van der Waals surface area contributed by atoms with Crippen LogP contribution in [0.2, 0.25) is 0 Å². The first kappa shape index (κ1) is 18.7. The predicted molar refractivity (Wildman–Crippen MR) is 115 cm³/mol. The van der Waals surface area contributed by atoms with Gasteiger partial charge in [-0.1, -0.05) is 30.3 Å². The zero-order valence-electron chi connectivity index (χ0n) is 15.6. The molecule has 3 rings (SSSR count). The quantitative estimate of drug-likeness (QED) is 0.789. The minimum absolute atomic E-state index is 0.449. The van der Waals surface area contributed by atoms with Gasteiger partial charge in [0.25, 0.3) is 0 Å². The van der Waals surface area contributed by atoms with Crippen LogP contribution in [-0.2, 0) is 0 Å². The largest absolute Gasteiger partial charge is 0.369 e. The van der Waals surface area contributed by atoms with Crippen LogP contribution in [0.4, 0.5) is 11.4 Å². The number of hydrogen-bond donors (Lipinski definition) is 2. The van der Waals surface area contributed by atoms with Crippen molar-refractivity contribution in [2.24, 2.45) is 0 Å². The van der Waals surface area contributed by atoms with Crippen molar-refractivity contribution in [3.63, 3.8) is 0 Å². The van der Waals surface area contributed by atoms with Crippen molar-refractivity contribution >= 4 is 28.7 Å². The molecule has 0 radical (unpaired) electrons. The van der Waals surface area contributed by atoms with E-state index in [9.17, 15) is 0 Å². The number of nitrogens with zero attached hydrogens (tertiary/aromatic N) is 2. The second-order valence-electron chi connectivity index (χ2n) is 6.91. The minimum atomic E-state index is 0.449. The van der Waals surface area contributed by atoms with E-state index in [1.54, 1.807) is 0 Å². The van der Waals surface area contributed by atoms with E-state index in [2.05, 4.69) is 76.7 Å². The Hall–Kier alpha value is -2.11. The molecule has 0 unspecified atom stereocenters. The van der Waals surface area contributed by atoms with Crippen molar-refractivity contribution < 1.29 is 0 Å². The van der Waals surface area contributed by atoms with Crippen LogP contribution < -0.4 is 15.5 Å². The third-order valence-corrected chi connectivity index (χ3v) is 5.14.